The Kier molecular flexibility index (Phi) is 14.9. The van der Waals surface area contributed by atoms with E-state index in [4.69, 9.17) is 71.5 Å². The van der Waals surface area contributed by atoms with Crippen LogP contribution >= 0.6 is 46.4 Å². The lowest BCUT2D eigenvalue weighted by molar-refractivity contribution is -0.150. The Bertz CT molecular complexity index is 1280. The third-order valence-corrected chi connectivity index (χ3v) is 6.27. The van der Waals surface area contributed by atoms with Crippen LogP contribution in [0.25, 0.3) is 0 Å². The van der Waals surface area contributed by atoms with E-state index in [0.29, 0.717) is 12.3 Å². The van der Waals surface area contributed by atoms with Gasteiger partial charge in [-0.3, -0.25) is 19.3 Å². The molecule has 222 valence electrons. The Labute approximate surface area is 256 Å². The van der Waals surface area contributed by atoms with Crippen molar-refractivity contribution in [3.05, 3.63) is 79.8 Å². The van der Waals surface area contributed by atoms with Crippen molar-refractivity contribution in [2.45, 2.75) is 20.0 Å². The van der Waals surface area contributed by atoms with E-state index in [9.17, 15) is 19.2 Å². The highest BCUT2D eigenvalue weighted by Gasteiger charge is 2.36. The van der Waals surface area contributed by atoms with Crippen molar-refractivity contribution in [2.75, 3.05) is 14.2 Å². The molecule has 0 aliphatic carbocycles. The van der Waals surface area contributed by atoms with Crippen molar-refractivity contribution in [3.8, 4) is 11.5 Å². The van der Waals surface area contributed by atoms with Gasteiger partial charge < -0.3 is 25.1 Å². The zero-order chi connectivity index (χ0) is 31.3. The Hall–Kier alpha value is -3.61. The monoisotopic (exact) mass is 651 g/mol. The number of cyclic esters (lactones) is 2. The van der Waals surface area contributed by atoms with E-state index < -0.39 is 29.7 Å². The molecule has 0 unspecified atom stereocenters. The number of nitrogens with zero attached hydrogens (tertiary/aromatic N) is 1. The topological polar surface area (TPSA) is 163 Å². The number of halogens is 4. The summed E-state index contributed by atoms with van der Waals surface area (Å²) in [6.45, 7) is 1.80. The second-order valence-corrected chi connectivity index (χ2v) is 9.06. The minimum absolute atomic E-state index is 0. The van der Waals surface area contributed by atoms with Gasteiger partial charge >= 0.3 is 11.9 Å². The first-order valence-corrected chi connectivity index (χ1v) is 12.7. The number of amides is 2. The molecule has 15 heteroatoms. The molecule has 0 atom stereocenters. The van der Waals surface area contributed by atoms with E-state index in [0.717, 1.165) is 28.7 Å². The van der Waals surface area contributed by atoms with E-state index in [1.54, 1.807) is 38.5 Å². The largest absolute Gasteiger partial charge is 0.497 e. The van der Waals surface area contributed by atoms with Gasteiger partial charge in [0, 0.05) is 14.9 Å². The third-order valence-electron chi connectivity index (χ3n) is 4.69. The summed E-state index contributed by atoms with van der Waals surface area (Å²) in [6, 6.07) is 14.7. The highest BCUT2D eigenvalue weighted by atomic mass is 35.5. The number of methoxy groups -OCH3 is 2. The van der Waals surface area contributed by atoms with Crippen molar-refractivity contribution in [1.29, 1.82) is 0 Å². The average Bonchev–Trinajstić information content (AvgIpc) is 3.29. The van der Waals surface area contributed by atoms with Crippen LogP contribution in [0.15, 0.2) is 68.7 Å². The standard InChI is InChI=1S/C12H9Cl2NO3.C8H11NO.C4Cl2O3.C2H4O2.H2/c1-18-8-4-2-7(3-5-8)6-15-11(16)9(13)10(14)12(15)17;1-10-8-4-2-7(6-9)3-5-8;5-1-2(6)4(8)9-3(1)7;1-2(3)4;/h2-5H,6H2,1H3;2-5H,6,9H2,1H3;;1H3,(H,3,4);1H/i;;;;1+1. The van der Waals surface area contributed by atoms with Gasteiger partial charge in [0.2, 0.25) is 0 Å². The molecule has 0 radical (unpaired) electrons. The van der Waals surface area contributed by atoms with Gasteiger partial charge in [-0.1, -0.05) is 70.7 Å². The molecule has 2 heterocycles. The average molecular weight is 653 g/mol. The van der Waals surface area contributed by atoms with Crippen molar-refractivity contribution in [2.24, 2.45) is 5.73 Å². The summed E-state index contributed by atoms with van der Waals surface area (Å²) in [6.07, 6.45) is 0. The zero-order valence-electron chi connectivity index (χ0n) is 21.8. The number of hydrogen-bond donors (Lipinski definition) is 2. The maximum atomic E-state index is 11.7. The summed E-state index contributed by atoms with van der Waals surface area (Å²) >= 11 is 21.6. The molecular formula is C26H26Cl4N2O9. The van der Waals surface area contributed by atoms with E-state index in [1.165, 1.54) is 0 Å². The maximum absolute atomic E-state index is 11.7. The number of benzene rings is 2. The molecule has 2 aliphatic heterocycles. The number of rotatable bonds is 5. The molecule has 2 amide bonds. The molecule has 0 aromatic heterocycles. The molecule has 0 fully saturated rings. The number of carboxylic acid groups (broad SMARTS) is 1. The van der Waals surface area contributed by atoms with Crippen LogP contribution in [-0.2, 0) is 41.8 Å². The summed E-state index contributed by atoms with van der Waals surface area (Å²) in [7, 11) is 3.21. The number of carboxylic acids is 1. The minimum Gasteiger partial charge on any atom is -0.497 e. The van der Waals surface area contributed by atoms with Gasteiger partial charge in [-0.05, 0) is 35.4 Å². The first-order valence-electron chi connectivity index (χ1n) is 11.2. The number of imide groups is 1. The van der Waals surface area contributed by atoms with Gasteiger partial charge in [0.25, 0.3) is 17.8 Å². The van der Waals surface area contributed by atoms with E-state index in [1.807, 2.05) is 24.3 Å². The summed E-state index contributed by atoms with van der Waals surface area (Å²) in [5.41, 5.74) is 7.31. The number of carbonyl (C=O) groups is 5. The molecule has 4 rings (SSSR count). The smallest absolute Gasteiger partial charge is 0.359 e. The SMILES string of the molecule is CC(=O)O.COc1ccc(CN)cc1.COc1ccc(CN2C(=O)C(Cl)=C(Cl)C2=O)cc1.O=C1OC(=O)C(Cl)=C1Cl.[2HH]. The van der Waals surface area contributed by atoms with Crippen molar-refractivity contribution < 1.29 is 44.7 Å². The van der Waals surface area contributed by atoms with Crippen LogP contribution in [0.2, 0.25) is 0 Å². The summed E-state index contributed by atoms with van der Waals surface area (Å²) < 4.78 is 14.0. The first kappa shape index (κ1) is 35.4. The predicted molar refractivity (Wildman–Crippen MR) is 153 cm³/mol. The van der Waals surface area contributed by atoms with Crippen molar-refractivity contribution >= 4 is 76.1 Å². The number of nitrogens with two attached hydrogens (primary N) is 1. The predicted octanol–water partition coefficient (Wildman–Crippen LogP) is 4.50. The van der Waals surface area contributed by atoms with Gasteiger partial charge in [0.05, 0.1) is 20.8 Å². The number of esters is 2. The number of carbonyl (C=O) groups excluding carboxylic acids is 4. The van der Waals surface area contributed by atoms with Crippen LogP contribution in [0.3, 0.4) is 0 Å². The molecule has 41 heavy (non-hydrogen) atoms. The second-order valence-electron chi connectivity index (χ2n) is 7.55. The fourth-order valence-corrected chi connectivity index (χ4v) is 3.29. The molecule has 0 saturated carbocycles. The molecule has 2 aromatic carbocycles. The zero-order valence-corrected chi connectivity index (χ0v) is 24.8. The Morgan fingerprint density at radius 2 is 1.12 bits per heavy atom. The summed E-state index contributed by atoms with van der Waals surface area (Å²) in [4.78, 5) is 53.9. The molecule has 2 aliphatic rings. The van der Waals surface area contributed by atoms with Crippen molar-refractivity contribution in [1.82, 2.24) is 4.90 Å². The van der Waals surface area contributed by atoms with Gasteiger partial charge in [0.15, 0.2) is 10.1 Å². The number of ether oxygens (including phenoxy) is 3. The van der Waals surface area contributed by atoms with E-state index in [2.05, 4.69) is 4.74 Å². The molecule has 0 spiro atoms. The lowest BCUT2D eigenvalue weighted by Crippen LogP contribution is -2.30. The Balaban J connectivity index is 0.000000597. The molecule has 0 saturated heterocycles. The fourth-order valence-electron chi connectivity index (χ4n) is 2.69. The van der Waals surface area contributed by atoms with Gasteiger partial charge in [-0.15, -0.1) is 0 Å². The quantitative estimate of drug-likeness (QED) is 0.267. The van der Waals surface area contributed by atoms with Gasteiger partial charge in [0.1, 0.15) is 21.6 Å². The summed E-state index contributed by atoms with van der Waals surface area (Å²) in [5.74, 6) is -2.16. The number of hydrogen-bond acceptors (Lipinski definition) is 9. The Morgan fingerprint density at radius 1 is 0.780 bits per heavy atom. The normalized spacial score (nSPS) is 13.9. The van der Waals surface area contributed by atoms with Crippen LogP contribution in [0, 0.1) is 0 Å². The van der Waals surface area contributed by atoms with E-state index in [-0.39, 0.29) is 28.1 Å². The molecule has 0 bridgehead atoms. The molecular weight excluding hydrogens is 626 g/mol. The van der Waals surface area contributed by atoms with Crippen molar-refractivity contribution in [3.63, 3.8) is 0 Å². The molecule has 3 N–H and O–H groups in total. The fraction of sp³-hybridized carbons (Fsp3) is 0.192. The van der Waals surface area contributed by atoms with Crippen LogP contribution in [0.4, 0.5) is 0 Å². The molecule has 11 nitrogen and oxygen atoms in total. The molecule has 2 aromatic rings. The van der Waals surface area contributed by atoms with Crippen LogP contribution in [0.5, 0.6) is 11.5 Å². The maximum Gasteiger partial charge on any atom is 0.359 e. The highest BCUT2D eigenvalue weighted by molar-refractivity contribution is 6.58. The minimum atomic E-state index is -0.883. The Morgan fingerprint density at radius 3 is 1.39 bits per heavy atom. The lowest BCUT2D eigenvalue weighted by Gasteiger charge is -2.14. The van der Waals surface area contributed by atoms with Gasteiger partial charge in [-0.2, -0.15) is 0 Å². The van der Waals surface area contributed by atoms with E-state index >= 15 is 0 Å². The summed E-state index contributed by atoms with van der Waals surface area (Å²) in [5, 5.41) is 6.27. The van der Waals surface area contributed by atoms with Crippen LogP contribution < -0.4 is 15.2 Å². The lowest BCUT2D eigenvalue weighted by atomic mass is 10.2. The first-order chi connectivity index (χ1) is 19.3. The van der Waals surface area contributed by atoms with Crippen LogP contribution in [0.1, 0.15) is 19.5 Å². The van der Waals surface area contributed by atoms with Crippen LogP contribution in [-0.4, -0.2) is 53.9 Å². The third kappa shape index (κ3) is 11.1. The highest BCUT2D eigenvalue weighted by Crippen LogP contribution is 2.28. The second kappa shape index (κ2) is 17.3. The number of aliphatic carboxylic acids is 1. The van der Waals surface area contributed by atoms with Gasteiger partial charge in [-0.25, -0.2) is 9.59 Å².